The number of benzene rings is 1. The lowest BCUT2D eigenvalue weighted by Gasteiger charge is -2.26. The van der Waals surface area contributed by atoms with Crippen LogP contribution in [0, 0.1) is 6.92 Å². The van der Waals surface area contributed by atoms with E-state index in [0.717, 1.165) is 6.54 Å². The van der Waals surface area contributed by atoms with Gasteiger partial charge in [-0.15, -0.1) is 0 Å². The third-order valence-electron chi connectivity index (χ3n) is 3.29. The summed E-state index contributed by atoms with van der Waals surface area (Å²) in [7, 11) is 2.06. The maximum atomic E-state index is 5.89. The van der Waals surface area contributed by atoms with Crippen molar-refractivity contribution in [3.05, 3.63) is 29.3 Å². The highest BCUT2D eigenvalue weighted by atomic mass is 15.1. The lowest BCUT2D eigenvalue weighted by molar-refractivity contribution is 0.589. The fourth-order valence-electron chi connectivity index (χ4n) is 2.07. The van der Waals surface area contributed by atoms with Crippen molar-refractivity contribution in [1.29, 1.82) is 0 Å². The molecule has 0 aromatic heterocycles. The first kappa shape index (κ1) is 15.0. The average Bonchev–Trinajstić information content (AvgIpc) is 2.27. The van der Waals surface area contributed by atoms with Gasteiger partial charge in [0.15, 0.2) is 0 Å². The van der Waals surface area contributed by atoms with Gasteiger partial charge in [0.2, 0.25) is 0 Å². The van der Waals surface area contributed by atoms with Crippen molar-refractivity contribution in [1.82, 2.24) is 0 Å². The Kier molecular flexibility index (Phi) is 4.77. The molecule has 3 heteroatoms. The van der Waals surface area contributed by atoms with Crippen molar-refractivity contribution in [2.24, 2.45) is 11.5 Å². The summed E-state index contributed by atoms with van der Waals surface area (Å²) in [6, 6.07) is 6.67. The minimum Gasteiger partial charge on any atom is -0.373 e. The van der Waals surface area contributed by atoms with Gasteiger partial charge >= 0.3 is 0 Å². The first-order valence-corrected chi connectivity index (χ1v) is 6.53. The van der Waals surface area contributed by atoms with Crippen LogP contribution in [0.15, 0.2) is 18.2 Å². The molecule has 1 atom stereocenters. The number of anilines is 1. The van der Waals surface area contributed by atoms with E-state index in [0.29, 0.717) is 6.54 Å². The molecule has 0 fully saturated rings. The van der Waals surface area contributed by atoms with Crippen LogP contribution in [0.3, 0.4) is 0 Å². The Morgan fingerprint density at radius 1 is 1.28 bits per heavy atom. The Balaban J connectivity index is 2.92. The van der Waals surface area contributed by atoms with Crippen LogP contribution < -0.4 is 16.4 Å². The summed E-state index contributed by atoms with van der Waals surface area (Å²) >= 11 is 0. The van der Waals surface area contributed by atoms with Gasteiger partial charge in [0.1, 0.15) is 0 Å². The van der Waals surface area contributed by atoms with Crippen LogP contribution in [-0.2, 0) is 5.41 Å². The molecule has 3 nitrogen and oxygen atoms in total. The molecule has 0 bridgehead atoms. The molecule has 0 aliphatic heterocycles. The summed E-state index contributed by atoms with van der Waals surface area (Å²) in [4.78, 5) is 2.18. The van der Waals surface area contributed by atoms with Crippen LogP contribution in [0.1, 0.15) is 31.9 Å². The van der Waals surface area contributed by atoms with Gasteiger partial charge in [0, 0.05) is 31.9 Å². The summed E-state index contributed by atoms with van der Waals surface area (Å²) in [6.45, 7) is 10.1. The van der Waals surface area contributed by atoms with Crippen molar-refractivity contribution in [2.45, 2.75) is 39.2 Å². The number of likely N-dealkylation sites (N-methyl/N-ethyl adjacent to an activating group) is 1. The first-order chi connectivity index (χ1) is 8.25. The van der Waals surface area contributed by atoms with Crippen LogP contribution in [0.5, 0.6) is 0 Å². The molecule has 1 aromatic carbocycles. The van der Waals surface area contributed by atoms with Crippen molar-refractivity contribution < 1.29 is 0 Å². The molecular formula is C15H27N3. The number of nitrogens with zero attached hydrogens (tertiary/aromatic N) is 1. The zero-order chi connectivity index (χ0) is 13.9. The minimum atomic E-state index is 0.0247. The second kappa shape index (κ2) is 5.72. The molecule has 4 N–H and O–H groups in total. The molecule has 18 heavy (non-hydrogen) atoms. The van der Waals surface area contributed by atoms with E-state index in [1.165, 1.54) is 16.8 Å². The number of rotatable bonds is 4. The Morgan fingerprint density at radius 2 is 1.89 bits per heavy atom. The highest BCUT2D eigenvalue weighted by Crippen LogP contribution is 2.27. The topological polar surface area (TPSA) is 55.3 Å². The molecule has 1 rings (SSSR count). The summed E-state index contributed by atoms with van der Waals surface area (Å²) in [6.07, 6.45) is 0. The molecule has 0 spiro atoms. The molecule has 0 saturated heterocycles. The van der Waals surface area contributed by atoms with E-state index in [4.69, 9.17) is 11.5 Å². The molecule has 1 aromatic rings. The molecule has 0 aliphatic rings. The predicted molar refractivity (Wildman–Crippen MR) is 80.2 cm³/mol. The monoisotopic (exact) mass is 249 g/mol. The highest BCUT2D eigenvalue weighted by Gasteiger charge is 2.15. The van der Waals surface area contributed by atoms with Crippen molar-refractivity contribution in [2.75, 3.05) is 25.0 Å². The van der Waals surface area contributed by atoms with Crippen molar-refractivity contribution >= 4 is 5.69 Å². The lowest BCUT2D eigenvalue weighted by atomic mass is 9.86. The fraction of sp³-hybridized carbons (Fsp3) is 0.600. The zero-order valence-corrected chi connectivity index (χ0v) is 12.3. The van der Waals surface area contributed by atoms with Crippen LogP contribution >= 0.6 is 0 Å². The minimum absolute atomic E-state index is 0.0247. The summed E-state index contributed by atoms with van der Waals surface area (Å²) < 4.78 is 0. The number of hydrogen-bond acceptors (Lipinski definition) is 3. The van der Waals surface area contributed by atoms with Gasteiger partial charge in [0.05, 0.1) is 0 Å². The summed E-state index contributed by atoms with van der Waals surface area (Å²) in [5.74, 6) is 0. The maximum Gasteiger partial charge on any atom is 0.0394 e. The Bertz CT molecular complexity index is 393. The van der Waals surface area contributed by atoms with Crippen molar-refractivity contribution in [3.8, 4) is 0 Å². The van der Waals surface area contributed by atoms with Gasteiger partial charge < -0.3 is 16.4 Å². The Hall–Kier alpha value is -1.06. The molecule has 0 saturated carbocycles. The number of hydrogen-bond donors (Lipinski definition) is 2. The summed E-state index contributed by atoms with van der Waals surface area (Å²) in [5, 5.41) is 0. The third kappa shape index (κ3) is 3.72. The number of aryl methyl sites for hydroxylation is 1. The predicted octanol–water partition coefficient (Wildman–Crippen LogP) is 2.01. The van der Waals surface area contributed by atoms with E-state index in [9.17, 15) is 0 Å². The third-order valence-corrected chi connectivity index (χ3v) is 3.29. The smallest absolute Gasteiger partial charge is 0.0394 e. The van der Waals surface area contributed by atoms with Gasteiger partial charge in [0.25, 0.3) is 0 Å². The van der Waals surface area contributed by atoms with Gasteiger partial charge in [-0.2, -0.15) is 0 Å². The normalized spacial score (nSPS) is 13.5. The van der Waals surface area contributed by atoms with Gasteiger partial charge in [-0.3, -0.25) is 0 Å². The quantitative estimate of drug-likeness (QED) is 0.858. The van der Waals surface area contributed by atoms with Gasteiger partial charge in [-0.1, -0.05) is 32.9 Å². The molecular weight excluding hydrogens is 222 g/mol. The fourth-order valence-corrected chi connectivity index (χ4v) is 2.07. The van der Waals surface area contributed by atoms with Gasteiger partial charge in [-0.05, 0) is 29.5 Å². The van der Waals surface area contributed by atoms with E-state index < -0.39 is 0 Å². The molecule has 102 valence electrons. The van der Waals surface area contributed by atoms with E-state index in [-0.39, 0.29) is 11.5 Å². The van der Waals surface area contributed by atoms with E-state index in [1.807, 2.05) is 0 Å². The molecule has 0 amide bonds. The average molecular weight is 249 g/mol. The number of nitrogens with two attached hydrogens (primary N) is 2. The van der Waals surface area contributed by atoms with E-state index in [2.05, 4.69) is 57.8 Å². The summed E-state index contributed by atoms with van der Waals surface area (Å²) in [5.41, 5.74) is 15.5. The van der Waals surface area contributed by atoms with E-state index >= 15 is 0 Å². The molecule has 0 heterocycles. The molecule has 0 aliphatic carbocycles. The van der Waals surface area contributed by atoms with Crippen molar-refractivity contribution in [3.63, 3.8) is 0 Å². The Morgan fingerprint density at radius 3 is 2.33 bits per heavy atom. The Labute approximate surface area is 111 Å². The first-order valence-electron chi connectivity index (χ1n) is 6.53. The second-order valence-electron chi connectivity index (χ2n) is 6.13. The zero-order valence-electron chi connectivity index (χ0n) is 12.3. The van der Waals surface area contributed by atoms with Gasteiger partial charge in [-0.25, -0.2) is 0 Å². The molecule has 0 radical (unpaired) electrons. The SMILES string of the molecule is Cc1cc(C(C)(C)C)ccc1N(C)CC(N)CN. The van der Waals surface area contributed by atoms with Crippen LogP contribution in [0.4, 0.5) is 5.69 Å². The van der Waals surface area contributed by atoms with Crippen LogP contribution in [-0.4, -0.2) is 26.2 Å². The standard InChI is InChI=1S/C15H27N3/c1-11-8-12(15(2,3)4)6-7-14(11)18(5)10-13(17)9-16/h6-8,13H,9-10,16-17H2,1-5H3. The maximum absolute atomic E-state index is 5.89. The highest BCUT2D eigenvalue weighted by molar-refractivity contribution is 5.54. The van der Waals surface area contributed by atoms with E-state index in [1.54, 1.807) is 0 Å². The van der Waals surface area contributed by atoms with Crippen LogP contribution in [0.2, 0.25) is 0 Å². The van der Waals surface area contributed by atoms with Crippen LogP contribution in [0.25, 0.3) is 0 Å². The lowest BCUT2D eigenvalue weighted by Crippen LogP contribution is -2.40. The molecule has 1 unspecified atom stereocenters. The largest absolute Gasteiger partial charge is 0.373 e. The second-order valence-corrected chi connectivity index (χ2v) is 6.13.